The van der Waals surface area contributed by atoms with Gasteiger partial charge in [0.2, 0.25) is 11.2 Å². The molecule has 2 rings (SSSR count). The predicted octanol–water partition coefficient (Wildman–Crippen LogP) is 0.605. The summed E-state index contributed by atoms with van der Waals surface area (Å²) in [5.74, 6) is -0.468. The van der Waals surface area contributed by atoms with E-state index in [1.165, 1.54) is 4.57 Å². The van der Waals surface area contributed by atoms with E-state index in [0.29, 0.717) is 13.0 Å². The van der Waals surface area contributed by atoms with Gasteiger partial charge in [-0.1, -0.05) is 13.3 Å². The summed E-state index contributed by atoms with van der Waals surface area (Å²) < 4.78 is 2.53. The highest BCUT2D eigenvalue weighted by atomic mass is 35.5. The molecule has 22 heavy (non-hydrogen) atoms. The van der Waals surface area contributed by atoms with Crippen LogP contribution in [0, 0.1) is 0 Å². The number of rotatable bonds is 7. The number of primary amides is 1. The summed E-state index contributed by atoms with van der Waals surface area (Å²) in [4.78, 5) is 42.4. The minimum atomic E-state index is -0.489. The standard InChI is InChI=1S/C13H18ClN5O3/c1-2-3-6-18-10-9(16-12(14)17-10)11(21)19(13(18)22)7-4-5-8(15)20/h2-7H2,1H3,(H2,15,20)(H,16,17). The van der Waals surface area contributed by atoms with Gasteiger partial charge in [0.05, 0.1) is 0 Å². The number of nitrogens with one attached hydrogen (secondary N) is 1. The minimum Gasteiger partial charge on any atom is -0.370 e. The number of aromatic nitrogens is 4. The summed E-state index contributed by atoms with van der Waals surface area (Å²) in [6.45, 7) is 2.57. The fourth-order valence-corrected chi connectivity index (χ4v) is 2.44. The number of unbranched alkanes of at least 4 members (excludes halogenated alkanes) is 1. The van der Waals surface area contributed by atoms with E-state index >= 15 is 0 Å². The molecule has 0 saturated carbocycles. The van der Waals surface area contributed by atoms with Crippen molar-refractivity contribution in [3.8, 4) is 0 Å². The Labute approximate surface area is 130 Å². The summed E-state index contributed by atoms with van der Waals surface area (Å²) in [7, 11) is 0. The Balaban J connectivity index is 2.53. The van der Waals surface area contributed by atoms with Crippen LogP contribution in [0.4, 0.5) is 0 Å². The summed E-state index contributed by atoms with van der Waals surface area (Å²) in [6.07, 6.45) is 2.11. The number of nitrogens with zero attached hydrogens (tertiary/aromatic N) is 3. The molecule has 8 nitrogen and oxygen atoms in total. The molecule has 9 heteroatoms. The smallest absolute Gasteiger partial charge is 0.332 e. The third kappa shape index (κ3) is 3.22. The number of hydrogen-bond acceptors (Lipinski definition) is 4. The first-order valence-corrected chi connectivity index (χ1v) is 7.50. The van der Waals surface area contributed by atoms with Crippen molar-refractivity contribution in [2.75, 3.05) is 0 Å². The zero-order valence-corrected chi connectivity index (χ0v) is 13.0. The number of hydrogen-bond donors (Lipinski definition) is 2. The number of halogens is 1. The van der Waals surface area contributed by atoms with Crippen LogP contribution < -0.4 is 17.0 Å². The average molecular weight is 328 g/mol. The number of amides is 1. The van der Waals surface area contributed by atoms with E-state index in [9.17, 15) is 14.4 Å². The van der Waals surface area contributed by atoms with Gasteiger partial charge in [-0.05, 0) is 24.4 Å². The Kier molecular flexibility index (Phi) is 5.02. The van der Waals surface area contributed by atoms with E-state index in [1.54, 1.807) is 0 Å². The van der Waals surface area contributed by atoms with Crippen molar-refractivity contribution in [2.24, 2.45) is 5.73 Å². The molecule has 0 spiro atoms. The molecule has 0 aromatic carbocycles. The number of H-pyrrole nitrogens is 1. The highest BCUT2D eigenvalue weighted by Crippen LogP contribution is 2.10. The second-order valence-electron chi connectivity index (χ2n) is 5.04. The van der Waals surface area contributed by atoms with Crippen LogP contribution in [-0.4, -0.2) is 25.0 Å². The van der Waals surface area contributed by atoms with Crippen LogP contribution in [0.1, 0.15) is 32.6 Å². The summed E-state index contributed by atoms with van der Waals surface area (Å²) in [6, 6.07) is 0. The Morgan fingerprint density at radius 3 is 2.59 bits per heavy atom. The molecule has 0 radical (unpaired) electrons. The highest BCUT2D eigenvalue weighted by Gasteiger charge is 2.16. The number of aromatic amines is 1. The van der Waals surface area contributed by atoms with E-state index in [-0.39, 0.29) is 29.4 Å². The molecule has 2 heterocycles. The summed E-state index contributed by atoms with van der Waals surface area (Å²) in [5, 5.41) is 0.0617. The monoisotopic (exact) mass is 327 g/mol. The maximum absolute atomic E-state index is 12.5. The fourth-order valence-electron chi connectivity index (χ4n) is 2.26. The molecule has 0 aliphatic carbocycles. The molecule has 0 aliphatic rings. The fraction of sp³-hybridized carbons (Fsp3) is 0.538. The quantitative estimate of drug-likeness (QED) is 0.724. The molecule has 2 aromatic heterocycles. The van der Waals surface area contributed by atoms with Gasteiger partial charge in [0.25, 0.3) is 5.56 Å². The molecular weight excluding hydrogens is 310 g/mol. The van der Waals surface area contributed by atoms with Crippen molar-refractivity contribution in [2.45, 2.75) is 45.7 Å². The summed E-state index contributed by atoms with van der Waals surface area (Å²) >= 11 is 5.82. The van der Waals surface area contributed by atoms with Gasteiger partial charge in [-0.15, -0.1) is 0 Å². The van der Waals surface area contributed by atoms with Gasteiger partial charge in [0, 0.05) is 19.5 Å². The van der Waals surface area contributed by atoms with E-state index in [0.717, 1.165) is 17.4 Å². The van der Waals surface area contributed by atoms with Gasteiger partial charge in [-0.3, -0.25) is 18.7 Å². The number of carbonyl (C=O) groups excluding carboxylic acids is 1. The van der Waals surface area contributed by atoms with Gasteiger partial charge in [-0.25, -0.2) is 4.79 Å². The average Bonchev–Trinajstić information content (AvgIpc) is 2.84. The SMILES string of the molecule is CCCCn1c(=O)n(CCCC(N)=O)c(=O)c2[nH]c(Cl)nc21. The lowest BCUT2D eigenvalue weighted by Gasteiger charge is -2.10. The van der Waals surface area contributed by atoms with Crippen molar-refractivity contribution >= 4 is 28.7 Å². The van der Waals surface area contributed by atoms with Crippen LogP contribution in [0.3, 0.4) is 0 Å². The zero-order chi connectivity index (χ0) is 16.3. The first-order chi connectivity index (χ1) is 10.5. The largest absolute Gasteiger partial charge is 0.370 e. The van der Waals surface area contributed by atoms with Crippen LogP contribution in [-0.2, 0) is 17.9 Å². The molecule has 3 N–H and O–H groups in total. The lowest BCUT2D eigenvalue weighted by atomic mass is 10.3. The molecular formula is C13H18ClN5O3. The number of nitrogens with two attached hydrogens (primary N) is 1. The molecule has 0 bridgehead atoms. The second-order valence-corrected chi connectivity index (χ2v) is 5.40. The van der Waals surface area contributed by atoms with Crippen LogP contribution in [0.15, 0.2) is 9.59 Å². The Morgan fingerprint density at radius 2 is 1.95 bits per heavy atom. The van der Waals surface area contributed by atoms with E-state index in [1.807, 2.05) is 6.92 Å². The van der Waals surface area contributed by atoms with Crippen molar-refractivity contribution in [1.29, 1.82) is 0 Å². The lowest BCUT2D eigenvalue weighted by Crippen LogP contribution is -2.40. The third-order valence-corrected chi connectivity index (χ3v) is 3.55. The Morgan fingerprint density at radius 1 is 1.27 bits per heavy atom. The number of fused-ring (bicyclic) bond motifs is 1. The minimum absolute atomic E-state index is 0.0617. The zero-order valence-electron chi connectivity index (χ0n) is 12.3. The maximum atomic E-state index is 12.5. The maximum Gasteiger partial charge on any atom is 0.332 e. The van der Waals surface area contributed by atoms with E-state index in [4.69, 9.17) is 17.3 Å². The van der Waals surface area contributed by atoms with Crippen molar-refractivity contribution in [3.05, 3.63) is 26.1 Å². The van der Waals surface area contributed by atoms with Crippen LogP contribution >= 0.6 is 11.6 Å². The molecule has 1 amide bonds. The van der Waals surface area contributed by atoms with Crippen LogP contribution in [0.2, 0.25) is 5.28 Å². The molecule has 0 aliphatic heterocycles. The van der Waals surface area contributed by atoms with Gasteiger partial charge in [0.1, 0.15) is 0 Å². The normalized spacial score (nSPS) is 11.2. The molecule has 2 aromatic rings. The van der Waals surface area contributed by atoms with Gasteiger partial charge < -0.3 is 10.7 Å². The molecule has 0 fully saturated rings. The van der Waals surface area contributed by atoms with Crippen molar-refractivity contribution in [1.82, 2.24) is 19.1 Å². The summed E-state index contributed by atoms with van der Waals surface area (Å²) in [5.41, 5.74) is 4.60. The van der Waals surface area contributed by atoms with Gasteiger partial charge in [-0.2, -0.15) is 4.98 Å². The van der Waals surface area contributed by atoms with E-state index in [2.05, 4.69) is 9.97 Å². The van der Waals surface area contributed by atoms with Crippen molar-refractivity contribution < 1.29 is 4.79 Å². The highest BCUT2D eigenvalue weighted by molar-refractivity contribution is 6.28. The molecule has 0 atom stereocenters. The molecule has 0 saturated heterocycles. The van der Waals surface area contributed by atoms with Crippen LogP contribution in [0.25, 0.3) is 11.2 Å². The number of imidazole rings is 1. The van der Waals surface area contributed by atoms with Gasteiger partial charge >= 0.3 is 5.69 Å². The van der Waals surface area contributed by atoms with Crippen molar-refractivity contribution in [3.63, 3.8) is 0 Å². The first-order valence-electron chi connectivity index (χ1n) is 7.12. The molecule has 0 unspecified atom stereocenters. The Bertz CT molecular complexity index is 804. The number of aryl methyl sites for hydroxylation is 1. The van der Waals surface area contributed by atoms with Crippen LogP contribution in [0.5, 0.6) is 0 Å². The topological polar surface area (TPSA) is 116 Å². The first kappa shape index (κ1) is 16.3. The predicted molar refractivity (Wildman–Crippen MR) is 83.0 cm³/mol. The van der Waals surface area contributed by atoms with Gasteiger partial charge in [0.15, 0.2) is 11.2 Å². The van der Waals surface area contributed by atoms with E-state index < -0.39 is 17.2 Å². The molecule has 120 valence electrons. The third-order valence-electron chi connectivity index (χ3n) is 3.37. The second kappa shape index (κ2) is 6.78. The lowest BCUT2D eigenvalue weighted by molar-refractivity contribution is -0.118. The number of carbonyl (C=O) groups is 1. The Hall–Kier alpha value is -2.09.